The van der Waals surface area contributed by atoms with E-state index in [2.05, 4.69) is 9.97 Å². The largest absolute Gasteiger partial charge is 0.385 e. The molecule has 5 heteroatoms. The van der Waals surface area contributed by atoms with Crippen LogP contribution in [0.15, 0.2) is 15.8 Å². The van der Waals surface area contributed by atoms with Gasteiger partial charge in [-0.05, 0) is 12.8 Å². The minimum absolute atomic E-state index is 0.279. The zero-order valence-corrected chi connectivity index (χ0v) is 8.38. The molecule has 0 radical (unpaired) electrons. The first-order chi connectivity index (χ1) is 7.12. The Morgan fingerprint density at radius 3 is 2.47 bits per heavy atom. The molecule has 1 aromatic rings. The number of hydrogen-bond donors (Lipinski definition) is 3. The van der Waals surface area contributed by atoms with Gasteiger partial charge in [-0.1, -0.05) is 19.3 Å². The Morgan fingerprint density at radius 1 is 1.20 bits per heavy atom. The van der Waals surface area contributed by atoms with E-state index in [1.165, 1.54) is 6.20 Å². The van der Waals surface area contributed by atoms with Gasteiger partial charge in [0.2, 0.25) is 0 Å². The highest BCUT2D eigenvalue weighted by atomic mass is 16.3. The molecule has 2 rings (SSSR count). The van der Waals surface area contributed by atoms with Crippen molar-refractivity contribution < 1.29 is 5.11 Å². The summed E-state index contributed by atoms with van der Waals surface area (Å²) >= 11 is 0. The summed E-state index contributed by atoms with van der Waals surface area (Å²) in [4.78, 5) is 26.9. The smallest absolute Gasteiger partial charge is 0.325 e. The Morgan fingerprint density at radius 2 is 1.87 bits per heavy atom. The first kappa shape index (κ1) is 10.2. The molecule has 0 unspecified atom stereocenters. The monoisotopic (exact) mass is 210 g/mol. The molecule has 0 amide bonds. The van der Waals surface area contributed by atoms with Crippen molar-refractivity contribution in [1.29, 1.82) is 0 Å². The van der Waals surface area contributed by atoms with Gasteiger partial charge in [-0.3, -0.25) is 9.78 Å². The van der Waals surface area contributed by atoms with E-state index in [1.807, 2.05) is 0 Å². The first-order valence-corrected chi connectivity index (χ1v) is 5.17. The van der Waals surface area contributed by atoms with E-state index in [9.17, 15) is 14.7 Å². The standard InChI is InChI=1S/C10H14N2O3/c13-8-7(6-11-9(14)12-8)10(15)4-2-1-3-5-10/h6,15H,1-5H2,(H2,11,12,13,14). The Labute approximate surface area is 86.2 Å². The third kappa shape index (κ3) is 1.87. The van der Waals surface area contributed by atoms with Crippen molar-refractivity contribution >= 4 is 0 Å². The average molecular weight is 210 g/mol. The predicted molar refractivity (Wildman–Crippen MR) is 54.7 cm³/mol. The fourth-order valence-electron chi connectivity index (χ4n) is 2.16. The van der Waals surface area contributed by atoms with Crippen LogP contribution in [0.3, 0.4) is 0 Å². The number of rotatable bonds is 1. The quantitative estimate of drug-likeness (QED) is 0.619. The molecular formula is C10H14N2O3. The molecule has 0 bridgehead atoms. The fraction of sp³-hybridized carbons (Fsp3) is 0.600. The summed E-state index contributed by atoms with van der Waals surface area (Å²) in [6.45, 7) is 0. The van der Waals surface area contributed by atoms with Gasteiger partial charge in [-0.25, -0.2) is 4.79 Å². The van der Waals surface area contributed by atoms with E-state index in [4.69, 9.17) is 0 Å². The second-order valence-corrected chi connectivity index (χ2v) is 4.08. The van der Waals surface area contributed by atoms with Gasteiger partial charge in [0.25, 0.3) is 5.56 Å². The average Bonchev–Trinajstić information content (AvgIpc) is 2.18. The number of hydrogen-bond acceptors (Lipinski definition) is 3. The first-order valence-electron chi connectivity index (χ1n) is 5.17. The third-order valence-corrected chi connectivity index (χ3v) is 3.00. The topological polar surface area (TPSA) is 85.9 Å². The Kier molecular flexibility index (Phi) is 2.48. The highest BCUT2D eigenvalue weighted by Crippen LogP contribution is 2.34. The van der Waals surface area contributed by atoms with Crippen molar-refractivity contribution in [2.75, 3.05) is 0 Å². The van der Waals surface area contributed by atoms with Crippen LogP contribution in [-0.4, -0.2) is 15.1 Å². The summed E-state index contributed by atoms with van der Waals surface area (Å²) in [5, 5.41) is 10.3. The zero-order chi connectivity index (χ0) is 10.9. The molecule has 1 heterocycles. The van der Waals surface area contributed by atoms with Crippen LogP contribution in [0.4, 0.5) is 0 Å². The molecule has 0 aromatic carbocycles. The van der Waals surface area contributed by atoms with Crippen molar-refractivity contribution in [2.24, 2.45) is 0 Å². The number of H-pyrrole nitrogens is 2. The van der Waals surface area contributed by atoms with Crippen LogP contribution in [0.25, 0.3) is 0 Å². The lowest BCUT2D eigenvalue weighted by Gasteiger charge is -2.31. The zero-order valence-electron chi connectivity index (χ0n) is 8.38. The van der Waals surface area contributed by atoms with Crippen LogP contribution < -0.4 is 11.2 Å². The molecule has 5 nitrogen and oxygen atoms in total. The lowest BCUT2D eigenvalue weighted by atomic mass is 9.81. The summed E-state index contributed by atoms with van der Waals surface area (Å²) in [6.07, 6.45) is 5.41. The van der Waals surface area contributed by atoms with E-state index in [1.54, 1.807) is 0 Å². The SMILES string of the molecule is O=c1[nH]cc(C2(O)CCCCC2)c(=O)[nH]1. The van der Waals surface area contributed by atoms with Gasteiger partial charge in [-0.15, -0.1) is 0 Å². The summed E-state index contributed by atoms with van der Waals surface area (Å²) < 4.78 is 0. The highest BCUT2D eigenvalue weighted by Gasteiger charge is 2.33. The normalized spacial score (nSPS) is 20.1. The van der Waals surface area contributed by atoms with Crippen LogP contribution in [0.5, 0.6) is 0 Å². The summed E-state index contributed by atoms with van der Waals surface area (Å²) in [6, 6.07) is 0. The molecule has 0 spiro atoms. The number of aromatic nitrogens is 2. The maximum atomic E-state index is 11.5. The second-order valence-electron chi connectivity index (χ2n) is 4.08. The van der Waals surface area contributed by atoms with Crippen LogP contribution in [0.1, 0.15) is 37.7 Å². The maximum Gasteiger partial charge on any atom is 0.325 e. The number of nitrogens with one attached hydrogen (secondary N) is 2. The predicted octanol–water partition coefficient (Wildman–Crippen LogP) is 0.215. The van der Waals surface area contributed by atoms with Gasteiger partial charge in [0.15, 0.2) is 0 Å². The number of aliphatic hydroxyl groups is 1. The van der Waals surface area contributed by atoms with Crippen molar-refractivity contribution in [3.63, 3.8) is 0 Å². The Hall–Kier alpha value is -1.36. The van der Waals surface area contributed by atoms with Crippen molar-refractivity contribution in [1.82, 2.24) is 9.97 Å². The summed E-state index contributed by atoms with van der Waals surface area (Å²) in [5.74, 6) is 0. The van der Waals surface area contributed by atoms with Gasteiger partial charge in [-0.2, -0.15) is 0 Å². The molecule has 1 aliphatic rings. The molecule has 1 aliphatic carbocycles. The van der Waals surface area contributed by atoms with Crippen LogP contribution in [-0.2, 0) is 5.60 Å². The fourth-order valence-corrected chi connectivity index (χ4v) is 2.16. The van der Waals surface area contributed by atoms with Crippen molar-refractivity contribution in [3.8, 4) is 0 Å². The van der Waals surface area contributed by atoms with E-state index in [0.29, 0.717) is 12.8 Å². The molecule has 0 saturated heterocycles. The minimum atomic E-state index is -1.06. The molecule has 15 heavy (non-hydrogen) atoms. The summed E-state index contributed by atoms with van der Waals surface area (Å²) in [5.41, 5.74) is -1.80. The molecule has 0 atom stereocenters. The molecule has 82 valence electrons. The molecule has 1 fully saturated rings. The lowest BCUT2D eigenvalue weighted by molar-refractivity contribution is -0.00231. The van der Waals surface area contributed by atoms with Gasteiger partial charge in [0, 0.05) is 6.20 Å². The maximum absolute atomic E-state index is 11.5. The van der Waals surface area contributed by atoms with Crippen molar-refractivity contribution in [3.05, 3.63) is 32.6 Å². The van der Waals surface area contributed by atoms with Crippen molar-refractivity contribution in [2.45, 2.75) is 37.7 Å². The molecule has 1 aromatic heterocycles. The van der Waals surface area contributed by atoms with Gasteiger partial charge in [0.1, 0.15) is 0 Å². The van der Waals surface area contributed by atoms with Gasteiger partial charge < -0.3 is 10.1 Å². The molecule has 1 saturated carbocycles. The Balaban J connectivity index is 2.43. The van der Waals surface area contributed by atoms with E-state index in [0.717, 1.165) is 19.3 Å². The second kappa shape index (κ2) is 3.66. The molecule has 3 N–H and O–H groups in total. The number of aromatic amines is 2. The van der Waals surface area contributed by atoms with E-state index >= 15 is 0 Å². The van der Waals surface area contributed by atoms with Gasteiger partial charge in [0.05, 0.1) is 11.2 Å². The van der Waals surface area contributed by atoms with Crippen LogP contribution in [0.2, 0.25) is 0 Å². The third-order valence-electron chi connectivity index (χ3n) is 3.00. The molecular weight excluding hydrogens is 196 g/mol. The minimum Gasteiger partial charge on any atom is -0.385 e. The van der Waals surface area contributed by atoms with Crippen LogP contribution in [0, 0.1) is 0 Å². The van der Waals surface area contributed by atoms with E-state index in [-0.39, 0.29) is 5.56 Å². The lowest BCUT2D eigenvalue weighted by Crippen LogP contribution is -2.37. The Bertz CT molecular complexity index is 454. The van der Waals surface area contributed by atoms with Crippen LogP contribution >= 0.6 is 0 Å². The highest BCUT2D eigenvalue weighted by molar-refractivity contribution is 5.15. The molecule has 0 aliphatic heterocycles. The summed E-state index contributed by atoms with van der Waals surface area (Å²) in [7, 11) is 0. The van der Waals surface area contributed by atoms with Gasteiger partial charge >= 0.3 is 5.69 Å². The van der Waals surface area contributed by atoms with E-state index < -0.39 is 16.9 Å².